The molecule has 2 atom stereocenters. The summed E-state index contributed by atoms with van der Waals surface area (Å²) >= 11 is 0. The monoisotopic (exact) mass is 198 g/mol. The van der Waals surface area contributed by atoms with E-state index in [-0.39, 0.29) is 6.10 Å². The minimum atomic E-state index is -0.0513. The van der Waals surface area contributed by atoms with Gasteiger partial charge in [0, 0.05) is 26.2 Å². The van der Waals surface area contributed by atoms with Crippen LogP contribution in [0.3, 0.4) is 0 Å². The van der Waals surface area contributed by atoms with Crippen LogP contribution in [0, 0.1) is 11.8 Å². The van der Waals surface area contributed by atoms with Gasteiger partial charge in [-0.05, 0) is 24.7 Å². The van der Waals surface area contributed by atoms with Gasteiger partial charge in [0.15, 0.2) is 0 Å². The molecule has 2 fully saturated rings. The summed E-state index contributed by atoms with van der Waals surface area (Å²) in [6.45, 7) is 3.83. The van der Waals surface area contributed by atoms with Gasteiger partial charge in [-0.3, -0.25) is 0 Å². The van der Waals surface area contributed by atoms with Crippen LogP contribution in [-0.2, 0) is 0 Å². The fraction of sp³-hybridized carbons (Fsp3) is 1.00. The van der Waals surface area contributed by atoms with Gasteiger partial charge in [0.05, 0.1) is 6.10 Å². The van der Waals surface area contributed by atoms with Crippen LogP contribution < -0.4 is 5.73 Å². The number of likely N-dealkylation sites (tertiary alicyclic amines) is 1. The van der Waals surface area contributed by atoms with Gasteiger partial charge < -0.3 is 15.7 Å². The van der Waals surface area contributed by atoms with Crippen LogP contribution in [0.25, 0.3) is 0 Å². The quantitative estimate of drug-likeness (QED) is 0.688. The van der Waals surface area contributed by atoms with E-state index in [1.54, 1.807) is 0 Å². The van der Waals surface area contributed by atoms with E-state index >= 15 is 0 Å². The van der Waals surface area contributed by atoms with Gasteiger partial charge in [0.1, 0.15) is 0 Å². The molecule has 3 N–H and O–H groups in total. The highest BCUT2D eigenvalue weighted by atomic mass is 16.3. The Morgan fingerprint density at radius 2 is 2.07 bits per heavy atom. The van der Waals surface area contributed by atoms with E-state index in [1.807, 2.05) is 0 Å². The number of hydrogen-bond donors (Lipinski definition) is 2. The number of nitrogens with zero attached hydrogens (tertiary/aromatic N) is 1. The van der Waals surface area contributed by atoms with Gasteiger partial charge in [-0.25, -0.2) is 0 Å². The molecular weight excluding hydrogens is 176 g/mol. The summed E-state index contributed by atoms with van der Waals surface area (Å²) in [6.07, 6.45) is 4.91. The van der Waals surface area contributed by atoms with Crippen LogP contribution in [0.2, 0.25) is 0 Å². The Morgan fingerprint density at radius 1 is 1.29 bits per heavy atom. The largest absolute Gasteiger partial charge is 0.393 e. The van der Waals surface area contributed by atoms with Gasteiger partial charge in [0.2, 0.25) is 0 Å². The van der Waals surface area contributed by atoms with Crippen molar-refractivity contribution >= 4 is 0 Å². The zero-order valence-electron chi connectivity index (χ0n) is 8.86. The standard InChI is InChI=1S/C11H22N2O/c12-4-6-13-5-3-11(14)10(8-13)7-9-1-2-9/h9-11,14H,1-8,12H2. The van der Waals surface area contributed by atoms with Crippen molar-refractivity contribution in [3.05, 3.63) is 0 Å². The Hall–Kier alpha value is -0.120. The molecule has 1 saturated carbocycles. The molecular formula is C11H22N2O. The normalized spacial score (nSPS) is 34.7. The van der Waals surface area contributed by atoms with Crippen LogP contribution in [0.15, 0.2) is 0 Å². The van der Waals surface area contributed by atoms with E-state index in [0.717, 1.165) is 38.5 Å². The Kier molecular flexibility index (Phi) is 3.42. The third-order valence-electron chi connectivity index (χ3n) is 3.56. The van der Waals surface area contributed by atoms with Crippen LogP contribution in [0.5, 0.6) is 0 Å². The maximum atomic E-state index is 9.87. The van der Waals surface area contributed by atoms with Crippen LogP contribution in [0.1, 0.15) is 25.7 Å². The van der Waals surface area contributed by atoms with Gasteiger partial charge >= 0.3 is 0 Å². The number of hydrogen-bond acceptors (Lipinski definition) is 3. The zero-order chi connectivity index (χ0) is 9.97. The van der Waals surface area contributed by atoms with Crippen molar-refractivity contribution in [2.75, 3.05) is 26.2 Å². The van der Waals surface area contributed by atoms with Crippen LogP contribution in [-0.4, -0.2) is 42.3 Å². The lowest BCUT2D eigenvalue weighted by molar-refractivity contribution is 0.0217. The first kappa shape index (κ1) is 10.4. The van der Waals surface area contributed by atoms with E-state index in [1.165, 1.54) is 19.3 Å². The molecule has 2 unspecified atom stereocenters. The van der Waals surface area contributed by atoms with Crippen LogP contribution in [0.4, 0.5) is 0 Å². The molecule has 14 heavy (non-hydrogen) atoms. The lowest BCUT2D eigenvalue weighted by Crippen LogP contribution is -2.45. The molecule has 2 aliphatic rings. The molecule has 3 nitrogen and oxygen atoms in total. The summed E-state index contributed by atoms with van der Waals surface area (Å²) in [5.41, 5.74) is 5.55. The highest BCUT2D eigenvalue weighted by Crippen LogP contribution is 2.37. The van der Waals surface area contributed by atoms with Gasteiger partial charge in [-0.1, -0.05) is 12.8 Å². The molecule has 0 amide bonds. The summed E-state index contributed by atoms with van der Waals surface area (Å²) in [4.78, 5) is 2.40. The average molecular weight is 198 g/mol. The molecule has 0 aromatic heterocycles. The van der Waals surface area contributed by atoms with Crippen molar-refractivity contribution in [2.24, 2.45) is 17.6 Å². The highest BCUT2D eigenvalue weighted by molar-refractivity contribution is 4.85. The fourth-order valence-electron chi connectivity index (χ4n) is 2.49. The van der Waals surface area contributed by atoms with Crippen LogP contribution >= 0.6 is 0 Å². The van der Waals surface area contributed by atoms with Crippen molar-refractivity contribution < 1.29 is 5.11 Å². The topological polar surface area (TPSA) is 49.5 Å². The SMILES string of the molecule is NCCN1CCC(O)C(CC2CC2)C1. The summed E-state index contributed by atoms with van der Waals surface area (Å²) in [5, 5.41) is 9.87. The van der Waals surface area contributed by atoms with E-state index in [4.69, 9.17) is 5.73 Å². The van der Waals surface area contributed by atoms with E-state index in [2.05, 4.69) is 4.90 Å². The Morgan fingerprint density at radius 3 is 2.71 bits per heavy atom. The van der Waals surface area contributed by atoms with Crippen molar-refractivity contribution in [3.63, 3.8) is 0 Å². The Labute approximate surface area is 86.3 Å². The molecule has 0 aromatic rings. The molecule has 3 heteroatoms. The number of rotatable bonds is 4. The number of aliphatic hydroxyl groups excluding tert-OH is 1. The molecule has 0 radical (unpaired) electrons. The maximum Gasteiger partial charge on any atom is 0.0592 e. The minimum Gasteiger partial charge on any atom is -0.393 e. The molecule has 82 valence electrons. The van der Waals surface area contributed by atoms with E-state index < -0.39 is 0 Å². The second-order valence-electron chi connectivity index (χ2n) is 4.88. The Bertz CT molecular complexity index is 182. The minimum absolute atomic E-state index is 0.0513. The molecule has 1 aliphatic carbocycles. The molecule has 1 heterocycles. The first-order valence-corrected chi connectivity index (χ1v) is 5.90. The third-order valence-corrected chi connectivity index (χ3v) is 3.56. The van der Waals surface area contributed by atoms with Crippen molar-refractivity contribution in [3.8, 4) is 0 Å². The third kappa shape index (κ3) is 2.69. The number of piperidine rings is 1. The lowest BCUT2D eigenvalue weighted by Gasteiger charge is -2.36. The molecule has 1 aliphatic heterocycles. The highest BCUT2D eigenvalue weighted by Gasteiger charge is 2.32. The summed E-state index contributed by atoms with van der Waals surface area (Å²) < 4.78 is 0. The van der Waals surface area contributed by atoms with Gasteiger partial charge in [0.25, 0.3) is 0 Å². The summed E-state index contributed by atoms with van der Waals surface area (Å²) in [5.74, 6) is 1.44. The van der Waals surface area contributed by atoms with Crippen molar-refractivity contribution in [1.29, 1.82) is 0 Å². The molecule has 0 aromatic carbocycles. The molecule has 2 rings (SSSR count). The zero-order valence-corrected chi connectivity index (χ0v) is 8.86. The molecule has 1 saturated heterocycles. The summed E-state index contributed by atoms with van der Waals surface area (Å²) in [7, 11) is 0. The van der Waals surface area contributed by atoms with E-state index in [0.29, 0.717) is 5.92 Å². The van der Waals surface area contributed by atoms with E-state index in [9.17, 15) is 5.11 Å². The van der Waals surface area contributed by atoms with Gasteiger partial charge in [-0.15, -0.1) is 0 Å². The van der Waals surface area contributed by atoms with Crippen molar-refractivity contribution in [1.82, 2.24) is 4.90 Å². The maximum absolute atomic E-state index is 9.87. The first-order valence-electron chi connectivity index (χ1n) is 5.90. The number of aliphatic hydroxyl groups is 1. The molecule has 0 bridgehead atoms. The average Bonchev–Trinajstić information content (AvgIpc) is 2.95. The number of nitrogens with two attached hydrogens (primary N) is 1. The fourth-order valence-corrected chi connectivity index (χ4v) is 2.49. The van der Waals surface area contributed by atoms with Gasteiger partial charge in [-0.2, -0.15) is 0 Å². The second kappa shape index (κ2) is 4.60. The smallest absolute Gasteiger partial charge is 0.0592 e. The lowest BCUT2D eigenvalue weighted by atomic mass is 9.90. The molecule has 0 spiro atoms. The second-order valence-corrected chi connectivity index (χ2v) is 4.88. The predicted octanol–water partition coefficient (Wildman–Crippen LogP) is 0.428. The van der Waals surface area contributed by atoms with Crippen molar-refractivity contribution in [2.45, 2.75) is 31.8 Å². The Balaban J connectivity index is 1.79. The predicted molar refractivity (Wildman–Crippen MR) is 56.9 cm³/mol. The summed E-state index contributed by atoms with van der Waals surface area (Å²) in [6, 6.07) is 0. The first-order chi connectivity index (χ1) is 6.79.